The van der Waals surface area contributed by atoms with E-state index in [2.05, 4.69) is 5.32 Å². The molecule has 2 atom stereocenters. The molecule has 6 heteroatoms. The molecule has 0 aromatic heterocycles. The first-order valence-corrected chi connectivity index (χ1v) is 6.95. The van der Waals surface area contributed by atoms with Gasteiger partial charge in [0.1, 0.15) is 17.7 Å². The summed E-state index contributed by atoms with van der Waals surface area (Å²) in [5.74, 6) is -0.317. The normalized spacial score (nSPS) is 14.6. The summed E-state index contributed by atoms with van der Waals surface area (Å²) in [5, 5.41) is 11.5. The van der Waals surface area contributed by atoms with Crippen molar-refractivity contribution in [2.24, 2.45) is 5.41 Å². The topological polar surface area (TPSA) is 82.4 Å². The zero-order valence-corrected chi connectivity index (χ0v) is 14.3. The Hall–Kier alpha value is -1.77. The van der Waals surface area contributed by atoms with E-state index in [0.717, 1.165) is 0 Å². The molecule has 0 aliphatic heterocycles. The van der Waals surface area contributed by atoms with Crippen molar-refractivity contribution in [2.45, 2.75) is 66.2 Å². The molecule has 21 heavy (non-hydrogen) atoms. The number of alkyl carbamates (subject to hydrolysis) is 1. The Morgan fingerprint density at radius 2 is 1.67 bits per heavy atom. The zero-order valence-electron chi connectivity index (χ0n) is 14.3. The maximum atomic E-state index is 12.5. The van der Waals surface area contributed by atoms with Crippen LogP contribution < -0.4 is 5.32 Å². The molecule has 0 aromatic carbocycles. The molecule has 0 aromatic rings. The first kappa shape index (κ1) is 19.2. The Balaban J connectivity index is 5.13. The SMILES string of the molecule is C[C@@H](C#N)N(C)C(=O)[C@@H](NC(=O)OC(C)(C)C)C(C)(C)C. The molecule has 0 aliphatic carbocycles. The van der Waals surface area contributed by atoms with E-state index in [1.807, 2.05) is 26.8 Å². The molecule has 0 rings (SSSR count). The Morgan fingerprint density at radius 3 is 2.00 bits per heavy atom. The maximum Gasteiger partial charge on any atom is 0.408 e. The van der Waals surface area contributed by atoms with E-state index in [0.29, 0.717) is 0 Å². The smallest absolute Gasteiger partial charge is 0.408 e. The number of nitrogens with one attached hydrogen (secondary N) is 1. The summed E-state index contributed by atoms with van der Waals surface area (Å²) in [6, 6.07) is 0.668. The summed E-state index contributed by atoms with van der Waals surface area (Å²) in [4.78, 5) is 25.7. The zero-order chi connectivity index (χ0) is 17.0. The molecular formula is C15H27N3O3. The lowest BCUT2D eigenvalue weighted by Crippen LogP contribution is -2.56. The molecule has 0 saturated heterocycles. The van der Waals surface area contributed by atoms with Crippen LogP contribution in [0.25, 0.3) is 0 Å². The molecule has 1 N–H and O–H groups in total. The third kappa shape index (κ3) is 6.48. The van der Waals surface area contributed by atoms with E-state index in [9.17, 15) is 9.59 Å². The lowest BCUT2D eigenvalue weighted by Gasteiger charge is -2.34. The van der Waals surface area contributed by atoms with Crippen molar-refractivity contribution in [3.63, 3.8) is 0 Å². The number of carbonyl (C=O) groups is 2. The highest BCUT2D eigenvalue weighted by Crippen LogP contribution is 2.22. The highest BCUT2D eigenvalue weighted by Gasteiger charge is 2.36. The van der Waals surface area contributed by atoms with Crippen LogP contribution in [0, 0.1) is 16.7 Å². The molecule has 0 spiro atoms. The van der Waals surface area contributed by atoms with Gasteiger partial charge in [-0.1, -0.05) is 20.8 Å². The maximum absolute atomic E-state index is 12.5. The number of nitriles is 1. The minimum atomic E-state index is -0.770. The average Bonchev–Trinajstić information content (AvgIpc) is 2.29. The van der Waals surface area contributed by atoms with Gasteiger partial charge >= 0.3 is 6.09 Å². The molecule has 0 aliphatic rings. The minimum Gasteiger partial charge on any atom is -0.444 e. The molecule has 0 saturated carbocycles. The van der Waals surface area contributed by atoms with Gasteiger partial charge in [0.25, 0.3) is 0 Å². The number of hydrogen-bond donors (Lipinski definition) is 1. The molecule has 0 radical (unpaired) electrons. The van der Waals surface area contributed by atoms with Crippen LogP contribution in [0.1, 0.15) is 48.5 Å². The third-order valence-electron chi connectivity index (χ3n) is 2.89. The van der Waals surface area contributed by atoms with Crippen molar-refractivity contribution in [1.82, 2.24) is 10.2 Å². The summed E-state index contributed by atoms with van der Waals surface area (Å²) < 4.78 is 5.19. The van der Waals surface area contributed by atoms with Crippen molar-refractivity contribution >= 4 is 12.0 Å². The van der Waals surface area contributed by atoms with Crippen LogP contribution in [-0.4, -0.2) is 41.6 Å². The average molecular weight is 297 g/mol. The highest BCUT2D eigenvalue weighted by molar-refractivity contribution is 5.86. The van der Waals surface area contributed by atoms with Crippen LogP contribution in [0.15, 0.2) is 0 Å². The fourth-order valence-electron chi connectivity index (χ4n) is 1.56. The fraction of sp³-hybridized carbons (Fsp3) is 0.800. The molecule has 0 fully saturated rings. The summed E-state index contributed by atoms with van der Waals surface area (Å²) in [7, 11) is 1.55. The van der Waals surface area contributed by atoms with Crippen LogP contribution >= 0.6 is 0 Å². The van der Waals surface area contributed by atoms with Gasteiger partial charge in [-0.3, -0.25) is 4.79 Å². The second kappa shape index (κ2) is 6.79. The van der Waals surface area contributed by atoms with E-state index in [4.69, 9.17) is 10.00 Å². The van der Waals surface area contributed by atoms with Gasteiger partial charge in [-0.25, -0.2) is 4.79 Å². The third-order valence-corrected chi connectivity index (χ3v) is 2.89. The number of ether oxygens (including phenoxy) is 1. The molecule has 0 unspecified atom stereocenters. The van der Waals surface area contributed by atoms with Gasteiger partial charge in [-0.2, -0.15) is 5.26 Å². The summed E-state index contributed by atoms with van der Waals surface area (Å²) >= 11 is 0. The number of likely N-dealkylation sites (N-methyl/N-ethyl adjacent to an activating group) is 1. The predicted molar refractivity (Wildman–Crippen MR) is 80.5 cm³/mol. The molecule has 2 amide bonds. The number of rotatable bonds is 3. The van der Waals surface area contributed by atoms with Gasteiger partial charge in [0.2, 0.25) is 5.91 Å². The molecule has 0 heterocycles. The van der Waals surface area contributed by atoms with Gasteiger partial charge in [-0.15, -0.1) is 0 Å². The Labute approximate surface area is 127 Å². The van der Waals surface area contributed by atoms with E-state index >= 15 is 0 Å². The molecule has 120 valence electrons. The van der Waals surface area contributed by atoms with Gasteiger partial charge in [0.15, 0.2) is 0 Å². The predicted octanol–water partition coefficient (Wildman–Crippen LogP) is 2.30. The first-order chi connectivity index (χ1) is 9.29. The minimum absolute atomic E-state index is 0.317. The number of nitrogens with zero attached hydrogens (tertiary/aromatic N) is 2. The second-order valence-electron chi connectivity index (χ2n) is 7.20. The van der Waals surface area contributed by atoms with Crippen LogP contribution in [0.2, 0.25) is 0 Å². The van der Waals surface area contributed by atoms with E-state index in [1.165, 1.54) is 4.90 Å². The van der Waals surface area contributed by atoms with E-state index < -0.39 is 29.2 Å². The first-order valence-electron chi connectivity index (χ1n) is 6.95. The number of amides is 2. The van der Waals surface area contributed by atoms with Crippen LogP contribution in [-0.2, 0) is 9.53 Å². The van der Waals surface area contributed by atoms with E-state index in [-0.39, 0.29) is 5.91 Å². The van der Waals surface area contributed by atoms with Gasteiger partial charge < -0.3 is 15.0 Å². The Kier molecular flexibility index (Phi) is 6.22. The second-order valence-corrected chi connectivity index (χ2v) is 7.20. The highest BCUT2D eigenvalue weighted by atomic mass is 16.6. The van der Waals surface area contributed by atoms with Crippen molar-refractivity contribution in [3.05, 3.63) is 0 Å². The lowest BCUT2D eigenvalue weighted by molar-refractivity contribution is -0.135. The molecular weight excluding hydrogens is 270 g/mol. The standard InChI is InChI=1S/C15H27N3O3/c1-10(9-16)18(8)12(19)11(14(2,3)4)17-13(20)21-15(5,6)7/h10-11H,1-8H3,(H,17,20)/t10-,11+/m0/s1. The summed E-state index contributed by atoms with van der Waals surface area (Å²) in [6.45, 7) is 12.4. The van der Waals surface area contributed by atoms with E-state index in [1.54, 1.807) is 34.7 Å². The molecule has 6 nitrogen and oxygen atoms in total. The van der Waals surface area contributed by atoms with Gasteiger partial charge in [0.05, 0.1) is 6.07 Å². The Bertz CT molecular complexity index is 427. The fourth-order valence-corrected chi connectivity index (χ4v) is 1.56. The largest absolute Gasteiger partial charge is 0.444 e. The lowest BCUT2D eigenvalue weighted by atomic mass is 9.85. The van der Waals surface area contributed by atoms with Crippen molar-refractivity contribution in [1.29, 1.82) is 5.26 Å². The van der Waals surface area contributed by atoms with Crippen LogP contribution in [0.5, 0.6) is 0 Å². The quantitative estimate of drug-likeness (QED) is 0.866. The molecule has 0 bridgehead atoms. The van der Waals surface area contributed by atoms with Crippen LogP contribution in [0.4, 0.5) is 4.79 Å². The van der Waals surface area contributed by atoms with Crippen LogP contribution in [0.3, 0.4) is 0 Å². The van der Waals surface area contributed by atoms with Crippen molar-refractivity contribution < 1.29 is 14.3 Å². The van der Waals surface area contributed by atoms with Gasteiger partial charge in [0, 0.05) is 7.05 Å². The summed E-state index contributed by atoms with van der Waals surface area (Å²) in [5.41, 5.74) is -1.14. The number of hydrogen-bond acceptors (Lipinski definition) is 4. The number of carbonyl (C=O) groups excluding carboxylic acids is 2. The Morgan fingerprint density at radius 1 is 1.19 bits per heavy atom. The van der Waals surface area contributed by atoms with Crippen molar-refractivity contribution in [2.75, 3.05) is 7.05 Å². The monoisotopic (exact) mass is 297 g/mol. The summed E-state index contributed by atoms with van der Waals surface area (Å²) in [6.07, 6.45) is -0.645. The van der Waals surface area contributed by atoms with Gasteiger partial charge in [-0.05, 0) is 33.1 Å². The van der Waals surface area contributed by atoms with Crippen molar-refractivity contribution in [3.8, 4) is 6.07 Å².